The summed E-state index contributed by atoms with van der Waals surface area (Å²) in [6.45, 7) is 2.48. The zero-order valence-corrected chi connectivity index (χ0v) is 8.74. The largest absolute Gasteiger partial charge is 0.469 e. The summed E-state index contributed by atoms with van der Waals surface area (Å²) >= 11 is 0. The molecule has 0 bridgehead atoms. The molecule has 4 heteroatoms. The fourth-order valence-electron chi connectivity index (χ4n) is 1.10. The van der Waals surface area contributed by atoms with Gasteiger partial charge in [0.2, 0.25) is 0 Å². The Labute approximate surface area is 83.5 Å². The Morgan fingerprint density at radius 2 is 2.29 bits per heavy atom. The van der Waals surface area contributed by atoms with Crippen molar-refractivity contribution in [1.29, 1.82) is 0 Å². The lowest BCUT2D eigenvalue weighted by molar-refractivity contribution is -0.140. The van der Waals surface area contributed by atoms with E-state index in [1.165, 1.54) is 7.11 Å². The highest BCUT2D eigenvalue weighted by atomic mass is 16.5. The van der Waals surface area contributed by atoms with Crippen LogP contribution in [0.2, 0.25) is 0 Å². The fourth-order valence-corrected chi connectivity index (χ4v) is 1.10. The van der Waals surface area contributed by atoms with E-state index in [4.69, 9.17) is 4.42 Å². The molecule has 0 atom stereocenters. The van der Waals surface area contributed by atoms with Crippen molar-refractivity contribution in [3.8, 4) is 0 Å². The molecule has 0 amide bonds. The highest BCUT2D eigenvalue weighted by Gasteiger charge is 2.07. The maximum Gasteiger partial charge on any atom is 0.307 e. The Balaban J connectivity index is 2.42. The molecule has 1 heterocycles. The topological polar surface area (TPSA) is 42.7 Å². The second-order valence-electron chi connectivity index (χ2n) is 3.13. The standard InChI is InChI=1S/C10H15NO3/c1-8-4-5-9(14-8)11(2)7-6-10(12)13-3/h4-5H,6-7H2,1-3H3. The second kappa shape index (κ2) is 4.69. The van der Waals surface area contributed by atoms with E-state index in [2.05, 4.69) is 4.74 Å². The molecule has 0 aliphatic rings. The molecule has 0 saturated heterocycles. The molecule has 0 fully saturated rings. The quantitative estimate of drug-likeness (QED) is 0.687. The van der Waals surface area contributed by atoms with Gasteiger partial charge in [-0.2, -0.15) is 0 Å². The molecule has 1 aromatic heterocycles. The zero-order chi connectivity index (χ0) is 10.6. The summed E-state index contributed by atoms with van der Waals surface area (Å²) in [6, 6.07) is 3.77. The van der Waals surface area contributed by atoms with Gasteiger partial charge in [-0.3, -0.25) is 4.79 Å². The van der Waals surface area contributed by atoms with Crippen LogP contribution in [0.1, 0.15) is 12.2 Å². The van der Waals surface area contributed by atoms with Crippen molar-refractivity contribution in [1.82, 2.24) is 0 Å². The highest BCUT2D eigenvalue weighted by Crippen LogP contribution is 2.16. The number of ether oxygens (including phenoxy) is 1. The third-order valence-corrected chi connectivity index (χ3v) is 1.98. The molecule has 14 heavy (non-hydrogen) atoms. The van der Waals surface area contributed by atoms with Crippen LogP contribution < -0.4 is 4.90 Å². The van der Waals surface area contributed by atoms with Gasteiger partial charge in [0.1, 0.15) is 5.76 Å². The van der Waals surface area contributed by atoms with Crippen molar-refractivity contribution in [2.75, 3.05) is 25.6 Å². The van der Waals surface area contributed by atoms with Crippen LogP contribution >= 0.6 is 0 Å². The van der Waals surface area contributed by atoms with E-state index in [-0.39, 0.29) is 5.97 Å². The molecular weight excluding hydrogens is 182 g/mol. The van der Waals surface area contributed by atoms with Crippen LogP contribution in [0, 0.1) is 6.92 Å². The second-order valence-corrected chi connectivity index (χ2v) is 3.13. The van der Waals surface area contributed by atoms with E-state index in [0.29, 0.717) is 13.0 Å². The number of anilines is 1. The summed E-state index contributed by atoms with van der Waals surface area (Å²) in [4.78, 5) is 12.8. The minimum Gasteiger partial charge on any atom is -0.469 e. The van der Waals surface area contributed by atoms with Crippen molar-refractivity contribution < 1.29 is 13.9 Å². The number of hydrogen-bond acceptors (Lipinski definition) is 4. The van der Waals surface area contributed by atoms with E-state index in [9.17, 15) is 4.79 Å². The van der Waals surface area contributed by atoms with Crippen LogP contribution in [0.5, 0.6) is 0 Å². The van der Waals surface area contributed by atoms with Crippen LogP contribution in [-0.4, -0.2) is 26.7 Å². The molecule has 78 valence electrons. The monoisotopic (exact) mass is 197 g/mol. The molecule has 0 N–H and O–H groups in total. The van der Waals surface area contributed by atoms with Gasteiger partial charge in [-0.05, 0) is 13.0 Å². The van der Waals surface area contributed by atoms with Gasteiger partial charge >= 0.3 is 5.97 Å². The van der Waals surface area contributed by atoms with E-state index >= 15 is 0 Å². The minimum absolute atomic E-state index is 0.208. The first-order chi connectivity index (χ1) is 6.63. The van der Waals surface area contributed by atoms with Crippen molar-refractivity contribution in [3.05, 3.63) is 17.9 Å². The molecule has 0 aliphatic carbocycles. The van der Waals surface area contributed by atoms with Crippen LogP contribution in [0.15, 0.2) is 16.5 Å². The number of carbonyl (C=O) groups excluding carboxylic acids is 1. The average molecular weight is 197 g/mol. The number of rotatable bonds is 4. The normalized spacial score (nSPS) is 9.93. The molecule has 1 aromatic rings. The maximum atomic E-state index is 10.9. The van der Waals surface area contributed by atoms with Gasteiger partial charge in [0, 0.05) is 19.7 Å². The molecule has 0 saturated carbocycles. The third-order valence-electron chi connectivity index (χ3n) is 1.98. The average Bonchev–Trinajstić information content (AvgIpc) is 2.60. The molecule has 4 nitrogen and oxygen atoms in total. The number of carbonyl (C=O) groups is 1. The Morgan fingerprint density at radius 1 is 1.57 bits per heavy atom. The van der Waals surface area contributed by atoms with Crippen molar-refractivity contribution in [2.45, 2.75) is 13.3 Å². The van der Waals surface area contributed by atoms with E-state index in [0.717, 1.165) is 11.6 Å². The lowest BCUT2D eigenvalue weighted by Crippen LogP contribution is -2.20. The van der Waals surface area contributed by atoms with Crippen LogP contribution in [0.25, 0.3) is 0 Å². The number of methoxy groups -OCH3 is 1. The summed E-state index contributed by atoms with van der Waals surface area (Å²) in [5.41, 5.74) is 0. The first kappa shape index (κ1) is 10.6. The van der Waals surface area contributed by atoms with Crippen molar-refractivity contribution in [2.24, 2.45) is 0 Å². The maximum absolute atomic E-state index is 10.9. The number of hydrogen-bond donors (Lipinski definition) is 0. The van der Waals surface area contributed by atoms with Gasteiger partial charge in [0.25, 0.3) is 0 Å². The van der Waals surface area contributed by atoms with Crippen LogP contribution in [-0.2, 0) is 9.53 Å². The predicted molar refractivity (Wildman–Crippen MR) is 53.3 cm³/mol. The third kappa shape index (κ3) is 2.80. The first-order valence-corrected chi connectivity index (χ1v) is 4.48. The Morgan fingerprint density at radius 3 is 2.79 bits per heavy atom. The van der Waals surface area contributed by atoms with E-state index in [1.807, 2.05) is 31.0 Å². The van der Waals surface area contributed by atoms with E-state index < -0.39 is 0 Å². The van der Waals surface area contributed by atoms with Crippen LogP contribution in [0.3, 0.4) is 0 Å². The van der Waals surface area contributed by atoms with Gasteiger partial charge in [-0.25, -0.2) is 0 Å². The molecular formula is C10H15NO3. The Bertz CT molecular complexity index is 306. The molecule has 1 rings (SSSR count). The molecule has 0 spiro atoms. The number of nitrogens with zero attached hydrogens (tertiary/aromatic N) is 1. The Kier molecular flexibility index (Phi) is 3.56. The predicted octanol–water partition coefficient (Wildman–Crippen LogP) is 1.59. The number of esters is 1. The summed E-state index contributed by atoms with van der Waals surface area (Å²) < 4.78 is 9.93. The van der Waals surface area contributed by atoms with Gasteiger partial charge in [0.15, 0.2) is 5.88 Å². The summed E-state index contributed by atoms with van der Waals surface area (Å²) in [7, 11) is 3.26. The Hall–Kier alpha value is -1.45. The van der Waals surface area contributed by atoms with Crippen LogP contribution in [0.4, 0.5) is 5.88 Å². The zero-order valence-electron chi connectivity index (χ0n) is 8.74. The SMILES string of the molecule is COC(=O)CCN(C)c1ccc(C)o1. The van der Waals surface area contributed by atoms with Gasteiger partial charge in [0.05, 0.1) is 13.5 Å². The lowest BCUT2D eigenvalue weighted by atomic mass is 10.4. The minimum atomic E-state index is -0.208. The molecule has 0 aliphatic heterocycles. The summed E-state index contributed by atoms with van der Waals surface area (Å²) in [5, 5.41) is 0. The highest BCUT2D eigenvalue weighted by molar-refractivity contribution is 5.69. The van der Waals surface area contributed by atoms with Crippen molar-refractivity contribution >= 4 is 11.9 Å². The van der Waals surface area contributed by atoms with Gasteiger partial charge in [-0.1, -0.05) is 0 Å². The molecule has 0 unspecified atom stereocenters. The number of furan rings is 1. The first-order valence-electron chi connectivity index (χ1n) is 4.48. The van der Waals surface area contributed by atoms with Gasteiger partial charge in [-0.15, -0.1) is 0 Å². The summed E-state index contributed by atoms with van der Waals surface area (Å²) in [5.74, 6) is 1.43. The molecule has 0 radical (unpaired) electrons. The fraction of sp³-hybridized carbons (Fsp3) is 0.500. The van der Waals surface area contributed by atoms with Gasteiger partial charge < -0.3 is 14.1 Å². The van der Waals surface area contributed by atoms with E-state index in [1.54, 1.807) is 0 Å². The molecule has 0 aromatic carbocycles. The summed E-state index contributed by atoms with van der Waals surface area (Å²) in [6.07, 6.45) is 0.368. The lowest BCUT2D eigenvalue weighted by Gasteiger charge is -2.14. The smallest absolute Gasteiger partial charge is 0.307 e. The number of aryl methyl sites for hydroxylation is 1. The van der Waals surface area contributed by atoms with Crippen molar-refractivity contribution in [3.63, 3.8) is 0 Å².